The summed E-state index contributed by atoms with van der Waals surface area (Å²) in [5.74, 6) is 1.57. The van der Waals surface area contributed by atoms with Gasteiger partial charge >= 0.3 is 0 Å². The highest BCUT2D eigenvalue weighted by atomic mass is 32.2. The molecule has 1 aromatic carbocycles. The van der Waals surface area contributed by atoms with Crippen molar-refractivity contribution in [2.75, 3.05) is 32.0 Å². The standard InChI is InChI=1S/C22H24N4O5S/c1-14(13-27)30-17-9-15(20(28)25-22-23-5-8-32-22)10-18(11-17)31-16-3-4-19(24-12-16)21(29)26-6-2-7-26/h3-4,9-12,14,27H,2,5-8,13H2,1H3,(H,23,25,28)/t14-/m0/s1. The third-order valence-electron chi connectivity index (χ3n) is 4.88. The van der Waals surface area contributed by atoms with Gasteiger partial charge < -0.3 is 24.8 Å². The quantitative estimate of drug-likeness (QED) is 0.657. The Balaban J connectivity index is 1.52. The van der Waals surface area contributed by atoms with Crippen LogP contribution in [0.15, 0.2) is 41.5 Å². The predicted octanol–water partition coefficient (Wildman–Crippen LogP) is 2.31. The summed E-state index contributed by atoms with van der Waals surface area (Å²) in [6.07, 6.45) is 2.03. The number of carbonyl (C=O) groups excluding carboxylic acids is 2. The van der Waals surface area contributed by atoms with E-state index in [1.165, 1.54) is 18.0 Å². The highest BCUT2D eigenvalue weighted by Gasteiger charge is 2.22. The minimum Gasteiger partial charge on any atom is -0.488 e. The monoisotopic (exact) mass is 456 g/mol. The van der Waals surface area contributed by atoms with Crippen LogP contribution in [0.2, 0.25) is 0 Å². The van der Waals surface area contributed by atoms with Gasteiger partial charge in [0, 0.05) is 30.5 Å². The van der Waals surface area contributed by atoms with E-state index in [4.69, 9.17) is 9.47 Å². The molecule has 0 unspecified atom stereocenters. The number of aliphatic imine (C=N–C) groups is 1. The maximum absolute atomic E-state index is 12.7. The van der Waals surface area contributed by atoms with Gasteiger partial charge in [-0.1, -0.05) is 11.8 Å². The normalized spacial score (nSPS) is 16.1. The number of carbonyl (C=O) groups is 2. The molecule has 2 aliphatic rings. The fraction of sp³-hybridized carbons (Fsp3) is 0.364. The Labute approximate surface area is 189 Å². The number of nitrogens with zero attached hydrogens (tertiary/aromatic N) is 3. The number of amidine groups is 1. The third kappa shape index (κ3) is 5.38. The highest BCUT2D eigenvalue weighted by Crippen LogP contribution is 2.28. The lowest BCUT2D eigenvalue weighted by atomic mass is 10.2. The van der Waals surface area contributed by atoms with Crippen LogP contribution in [-0.4, -0.2) is 70.1 Å². The molecule has 168 valence electrons. The van der Waals surface area contributed by atoms with E-state index in [1.807, 2.05) is 0 Å². The smallest absolute Gasteiger partial charge is 0.272 e. The second-order valence-corrected chi connectivity index (χ2v) is 8.50. The first-order valence-electron chi connectivity index (χ1n) is 10.4. The molecule has 4 rings (SSSR count). The number of aliphatic hydroxyl groups excluding tert-OH is 1. The molecule has 2 aromatic rings. The Hall–Kier alpha value is -3.11. The Morgan fingerprint density at radius 2 is 2.03 bits per heavy atom. The van der Waals surface area contributed by atoms with Crippen molar-refractivity contribution in [1.82, 2.24) is 15.2 Å². The zero-order valence-electron chi connectivity index (χ0n) is 17.6. The Morgan fingerprint density at radius 1 is 1.22 bits per heavy atom. The van der Waals surface area contributed by atoms with Crippen molar-refractivity contribution in [3.05, 3.63) is 47.8 Å². The van der Waals surface area contributed by atoms with Gasteiger partial charge in [0.2, 0.25) is 0 Å². The van der Waals surface area contributed by atoms with E-state index in [0.717, 1.165) is 25.3 Å². The first-order chi connectivity index (χ1) is 15.5. The first-order valence-corrected chi connectivity index (χ1v) is 11.3. The summed E-state index contributed by atoms with van der Waals surface area (Å²) in [6.45, 7) is 3.74. The van der Waals surface area contributed by atoms with Gasteiger partial charge in [0.15, 0.2) is 5.17 Å². The molecule has 0 radical (unpaired) electrons. The molecule has 1 saturated heterocycles. The number of likely N-dealkylation sites (tertiary alicyclic amines) is 1. The van der Waals surface area contributed by atoms with Gasteiger partial charge in [0.05, 0.1) is 19.3 Å². The summed E-state index contributed by atoms with van der Waals surface area (Å²) in [7, 11) is 0. The van der Waals surface area contributed by atoms with Gasteiger partial charge in [-0.2, -0.15) is 0 Å². The van der Waals surface area contributed by atoms with Gasteiger partial charge in [0.1, 0.15) is 29.0 Å². The fourth-order valence-corrected chi connectivity index (χ4v) is 3.79. The second kappa shape index (κ2) is 10.0. The van der Waals surface area contributed by atoms with Crippen molar-refractivity contribution in [1.29, 1.82) is 0 Å². The van der Waals surface area contributed by atoms with Crippen LogP contribution >= 0.6 is 11.8 Å². The lowest BCUT2D eigenvalue weighted by Gasteiger charge is -2.30. The summed E-state index contributed by atoms with van der Waals surface area (Å²) in [4.78, 5) is 35.2. The van der Waals surface area contributed by atoms with Crippen LogP contribution in [0, 0.1) is 0 Å². The first kappa shape index (κ1) is 22.1. The Bertz CT molecular complexity index is 1020. The second-order valence-electron chi connectivity index (χ2n) is 7.42. The molecule has 2 amide bonds. The summed E-state index contributed by atoms with van der Waals surface area (Å²) in [5.41, 5.74) is 0.691. The Morgan fingerprint density at radius 3 is 2.66 bits per heavy atom. The Kier molecular flexibility index (Phi) is 6.91. The SMILES string of the molecule is C[C@@H](CO)Oc1cc(Oc2ccc(C(=O)N3CCC3)nc2)cc(C(=O)NC2=NCCS2)c1. The van der Waals surface area contributed by atoms with Crippen LogP contribution in [0.3, 0.4) is 0 Å². The van der Waals surface area contributed by atoms with Crippen molar-refractivity contribution in [2.24, 2.45) is 4.99 Å². The molecule has 1 atom stereocenters. The molecule has 2 N–H and O–H groups in total. The van der Waals surface area contributed by atoms with Crippen LogP contribution < -0.4 is 14.8 Å². The number of amides is 2. The van der Waals surface area contributed by atoms with Crippen LogP contribution in [-0.2, 0) is 0 Å². The van der Waals surface area contributed by atoms with Crippen LogP contribution in [0.1, 0.15) is 34.2 Å². The summed E-state index contributed by atoms with van der Waals surface area (Å²) in [6, 6.07) is 8.08. The van der Waals surface area contributed by atoms with Crippen LogP contribution in [0.5, 0.6) is 17.2 Å². The topological polar surface area (TPSA) is 113 Å². The van der Waals surface area contributed by atoms with Crippen molar-refractivity contribution in [3.63, 3.8) is 0 Å². The van der Waals surface area contributed by atoms with E-state index >= 15 is 0 Å². The van der Waals surface area contributed by atoms with E-state index in [1.54, 1.807) is 42.2 Å². The number of benzene rings is 1. The van der Waals surface area contributed by atoms with E-state index in [0.29, 0.717) is 40.2 Å². The number of pyridine rings is 1. The summed E-state index contributed by atoms with van der Waals surface area (Å²) in [5, 5.41) is 12.7. The van der Waals surface area contributed by atoms with Crippen molar-refractivity contribution in [3.8, 4) is 17.2 Å². The maximum Gasteiger partial charge on any atom is 0.272 e. The molecule has 0 spiro atoms. The number of aromatic nitrogens is 1. The lowest BCUT2D eigenvalue weighted by Crippen LogP contribution is -2.42. The van der Waals surface area contributed by atoms with Gasteiger partial charge in [-0.05, 0) is 37.6 Å². The van der Waals surface area contributed by atoms with Crippen LogP contribution in [0.4, 0.5) is 0 Å². The van der Waals surface area contributed by atoms with E-state index in [9.17, 15) is 14.7 Å². The minimum atomic E-state index is -0.454. The number of nitrogens with one attached hydrogen (secondary N) is 1. The molecular weight excluding hydrogens is 432 g/mol. The zero-order valence-corrected chi connectivity index (χ0v) is 18.4. The molecule has 1 aromatic heterocycles. The third-order valence-corrected chi connectivity index (χ3v) is 5.77. The molecule has 10 heteroatoms. The van der Waals surface area contributed by atoms with Crippen molar-refractivity contribution in [2.45, 2.75) is 19.4 Å². The molecule has 0 saturated carbocycles. The zero-order chi connectivity index (χ0) is 22.5. The molecule has 9 nitrogen and oxygen atoms in total. The maximum atomic E-state index is 12.7. The molecule has 0 aliphatic carbocycles. The highest BCUT2D eigenvalue weighted by molar-refractivity contribution is 8.14. The van der Waals surface area contributed by atoms with Gasteiger partial charge in [-0.15, -0.1) is 0 Å². The number of hydrogen-bond acceptors (Lipinski definition) is 8. The van der Waals surface area contributed by atoms with Gasteiger partial charge in [-0.25, -0.2) is 4.98 Å². The molecule has 1 fully saturated rings. The summed E-state index contributed by atoms with van der Waals surface area (Å²) < 4.78 is 11.6. The van der Waals surface area contributed by atoms with E-state index < -0.39 is 6.10 Å². The molecule has 32 heavy (non-hydrogen) atoms. The van der Waals surface area contributed by atoms with Crippen LogP contribution in [0.25, 0.3) is 0 Å². The van der Waals surface area contributed by atoms with Crippen molar-refractivity contribution < 1.29 is 24.2 Å². The molecule has 0 bridgehead atoms. The van der Waals surface area contributed by atoms with Gasteiger partial charge in [-0.3, -0.25) is 14.6 Å². The van der Waals surface area contributed by atoms with Gasteiger partial charge in [0.25, 0.3) is 11.8 Å². The molecule has 2 aliphatic heterocycles. The van der Waals surface area contributed by atoms with Crippen molar-refractivity contribution >= 4 is 28.7 Å². The number of rotatable bonds is 7. The number of aliphatic hydroxyl groups is 1. The van der Waals surface area contributed by atoms with E-state index in [2.05, 4.69) is 15.3 Å². The number of thioether (sulfide) groups is 1. The number of ether oxygens (including phenoxy) is 2. The van der Waals surface area contributed by atoms with E-state index in [-0.39, 0.29) is 18.4 Å². The average molecular weight is 457 g/mol. The minimum absolute atomic E-state index is 0.0946. The molecule has 3 heterocycles. The lowest BCUT2D eigenvalue weighted by molar-refractivity contribution is 0.0645. The molecular formula is C22H24N4O5S. The summed E-state index contributed by atoms with van der Waals surface area (Å²) >= 11 is 1.49. The average Bonchev–Trinajstić information content (AvgIpc) is 3.25. The predicted molar refractivity (Wildman–Crippen MR) is 121 cm³/mol. The fourth-order valence-electron chi connectivity index (χ4n) is 3.06. The largest absolute Gasteiger partial charge is 0.488 e. The number of hydrogen-bond donors (Lipinski definition) is 2.